The molecule has 0 aliphatic carbocycles. The van der Waals surface area contributed by atoms with Crippen molar-refractivity contribution in [2.24, 2.45) is 0 Å². The Hall–Kier alpha value is -2.34. The predicted molar refractivity (Wildman–Crippen MR) is 96.8 cm³/mol. The molecule has 1 heterocycles. The first-order chi connectivity index (χ1) is 11.7. The maximum atomic E-state index is 12.5. The Morgan fingerprint density at radius 1 is 1.12 bits per heavy atom. The zero-order chi connectivity index (χ0) is 16.9. The third-order valence-electron chi connectivity index (χ3n) is 3.66. The fraction of sp³-hybridized carbons (Fsp3) is 0.222. The van der Waals surface area contributed by atoms with E-state index in [2.05, 4.69) is 20.9 Å². The highest BCUT2D eigenvalue weighted by Gasteiger charge is 2.05. The minimum atomic E-state index is -0.0363. The third-order valence-corrected chi connectivity index (χ3v) is 4.15. The van der Waals surface area contributed by atoms with E-state index in [-0.39, 0.29) is 5.56 Å². The summed E-state index contributed by atoms with van der Waals surface area (Å²) in [5.74, 6) is 1.58. The van der Waals surface area contributed by atoms with Gasteiger partial charge in [0.1, 0.15) is 11.5 Å². The van der Waals surface area contributed by atoms with Gasteiger partial charge in [-0.2, -0.15) is 0 Å². The Bertz CT molecular complexity index is 891. The number of aromatic nitrogens is 2. The van der Waals surface area contributed by atoms with E-state index in [0.717, 1.165) is 16.0 Å². The first-order valence-corrected chi connectivity index (χ1v) is 8.38. The normalized spacial score (nSPS) is 10.8. The molecule has 124 valence electrons. The number of methoxy groups -OCH3 is 1. The van der Waals surface area contributed by atoms with Crippen LogP contribution in [0.15, 0.2) is 58.1 Å². The van der Waals surface area contributed by atoms with Crippen molar-refractivity contribution in [3.63, 3.8) is 0 Å². The monoisotopic (exact) mass is 388 g/mol. The van der Waals surface area contributed by atoms with Crippen molar-refractivity contribution in [2.75, 3.05) is 13.7 Å². The second kappa shape index (κ2) is 7.49. The number of fused-ring (bicyclic) bond motifs is 1. The van der Waals surface area contributed by atoms with E-state index in [1.165, 1.54) is 0 Å². The standard InChI is InChI=1S/C18H17BrN2O3/c1-23-14-4-6-15(7-5-14)24-10-2-9-21-12-20-17-8-3-13(19)11-16(17)18(21)22/h3-8,11-12H,2,9-10H2,1H3. The molecule has 0 amide bonds. The highest BCUT2D eigenvalue weighted by molar-refractivity contribution is 9.10. The summed E-state index contributed by atoms with van der Waals surface area (Å²) in [6, 6.07) is 12.9. The summed E-state index contributed by atoms with van der Waals surface area (Å²) in [6.07, 6.45) is 2.30. The fourth-order valence-electron chi connectivity index (χ4n) is 2.39. The molecule has 0 fully saturated rings. The Morgan fingerprint density at radius 2 is 1.88 bits per heavy atom. The van der Waals surface area contributed by atoms with Gasteiger partial charge in [0.25, 0.3) is 5.56 Å². The summed E-state index contributed by atoms with van der Waals surface area (Å²) in [6.45, 7) is 1.08. The van der Waals surface area contributed by atoms with Gasteiger partial charge in [0.05, 0.1) is 30.9 Å². The highest BCUT2D eigenvalue weighted by Crippen LogP contribution is 2.17. The van der Waals surface area contributed by atoms with E-state index < -0.39 is 0 Å². The number of rotatable bonds is 6. The van der Waals surface area contributed by atoms with Gasteiger partial charge in [-0.1, -0.05) is 15.9 Å². The number of hydrogen-bond donors (Lipinski definition) is 0. The molecule has 6 heteroatoms. The van der Waals surface area contributed by atoms with Crippen molar-refractivity contribution in [1.82, 2.24) is 9.55 Å². The zero-order valence-electron chi connectivity index (χ0n) is 13.2. The van der Waals surface area contributed by atoms with Gasteiger partial charge in [-0.3, -0.25) is 9.36 Å². The smallest absolute Gasteiger partial charge is 0.261 e. The SMILES string of the molecule is COc1ccc(OCCCn2cnc3ccc(Br)cc3c2=O)cc1. The van der Waals surface area contributed by atoms with Gasteiger partial charge in [0.2, 0.25) is 0 Å². The number of benzene rings is 2. The Labute approximate surface area is 148 Å². The molecule has 0 saturated carbocycles. The fourth-order valence-corrected chi connectivity index (χ4v) is 2.75. The number of aryl methyl sites for hydroxylation is 1. The molecule has 0 radical (unpaired) electrons. The van der Waals surface area contributed by atoms with Crippen LogP contribution in [0.3, 0.4) is 0 Å². The van der Waals surface area contributed by atoms with Gasteiger partial charge in [0.15, 0.2) is 0 Å². The lowest BCUT2D eigenvalue weighted by molar-refractivity contribution is 0.300. The Morgan fingerprint density at radius 3 is 2.62 bits per heavy atom. The maximum Gasteiger partial charge on any atom is 0.261 e. The van der Waals surface area contributed by atoms with Crippen LogP contribution < -0.4 is 15.0 Å². The van der Waals surface area contributed by atoms with E-state index >= 15 is 0 Å². The average molecular weight is 389 g/mol. The Kier molecular flexibility index (Phi) is 5.15. The molecule has 0 aliphatic rings. The largest absolute Gasteiger partial charge is 0.497 e. The van der Waals surface area contributed by atoms with Crippen LogP contribution in [0.2, 0.25) is 0 Å². The summed E-state index contributed by atoms with van der Waals surface area (Å²) >= 11 is 3.39. The minimum absolute atomic E-state index is 0.0363. The summed E-state index contributed by atoms with van der Waals surface area (Å²) in [7, 11) is 1.63. The first kappa shape index (κ1) is 16.5. The van der Waals surface area contributed by atoms with Gasteiger partial charge in [0, 0.05) is 11.0 Å². The van der Waals surface area contributed by atoms with E-state index in [4.69, 9.17) is 9.47 Å². The molecular weight excluding hydrogens is 372 g/mol. The topological polar surface area (TPSA) is 53.4 Å². The van der Waals surface area contributed by atoms with Crippen molar-refractivity contribution < 1.29 is 9.47 Å². The van der Waals surface area contributed by atoms with Gasteiger partial charge >= 0.3 is 0 Å². The second-order valence-corrected chi connectivity index (χ2v) is 6.20. The molecule has 5 nitrogen and oxygen atoms in total. The quantitative estimate of drug-likeness (QED) is 0.604. The molecule has 0 N–H and O–H groups in total. The first-order valence-electron chi connectivity index (χ1n) is 7.59. The maximum absolute atomic E-state index is 12.5. The molecule has 0 saturated heterocycles. The number of halogens is 1. The van der Waals surface area contributed by atoms with Crippen LogP contribution >= 0.6 is 15.9 Å². The molecule has 0 spiro atoms. The van der Waals surface area contributed by atoms with Crippen molar-refractivity contribution in [1.29, 1.82) is 0 Å². The summed E-state index contributed by atoms with van der Waals surface area (Å²) in [5.41, 5.74) is 0.666. The minimum Gasteiger partial charge on any atom is -0.497 e. The lowest BCUT2D eigenvalue weighted by Gasteiger charge is -2.09. The molecule has 0 unspecified atom stereocenters. The van der Waals surface area contributed by atoms with E-state index in [1.807, 2.05) is 36.4 Å². The predicted octanol–water partition coefficient (Wildman–Crippen LogP) is 3.64. The van der Waals surface area contributed by atoms with Crippen LogP contribution in [-0.2, 0) is 6.54 Å². The van der Waals surface area contributed by atoms with Crippen molar-refractivity contribution >= 4 is 26.8 Å². The van der Waals surface area contributed by atoms with E-state index in [9.17, 15) is 4.79 Å². The van der Waals surface area contributed by atoms with Crippen LogP contribution in [0.4, 0.5) is 0 Å². The highest BCUT2D eigenvalue weighted by atomic mass is 79.9. The lowest BCUT2D eigenvalue weighted by atomic mass is 10.2. The van der Waals surface area contributed by atoms with Gasteiger partial charge in [-0.05, 0) is 48.9 Å². The third kappa shape index (κ3) is 3.76. The van der Waals surface area contributed by atoms with Crippen molar-refractivity contribution in [3.8, 4) is 11.5 Å². The van der Waals surface area contributed by atoms with Crippen LogP contribution in [0.5, 0.6) is 11.5 Å². The van der Waals surface area contributed by atoms with Crippen LogP contribution in [0.25, 0.3) is 10.9 Å². The molecule has 2 aromatic carbocycles. The Balaban J connectivity index is 1.61. The van der Waals surface area contributed by atoms with E-state index in [1.54, 1.807) is 24.1 Å². The van der Waals surface area contributed by atoms with Crippen LogP contribution in [0, 0.1) is 0 Å². The number of nitrogens with zero attached hydrogens (tertiary/aromatic N) is 2. The van der Waals surface area contributed by atoms with Gasteiger partial charge in [-0.25, -0.2) is 4.98 Å². The molecule has 1 aromatic heterocycles. The van der Waals surface area contributed by atoms with Crippen molar-refractivity contribution in [2.45, 2.75) is 13.0 Å². The molecule has 0 atom stereocenters. The van der Waals surface area contributed by atoms with Gasteiger partial charge < -0.3 is 9.47 Å². The number of ether oxygens (including phenoxy) is 2. The van der Waals surface area contributed by atoms with Crippen LogP contribution in [-0.4, -0.2) is 23.3 Å². The lowest BCUT2D eigenvalue weighted by Crippen LogP contribution is -2.21. The second-order valence-electron chi connectivity index (χ2n) is 5.28. The molecular formula is C18H17BrN2O3. The summed E-state index contributed by atoms with van der Waals surface area (Å²) < 4.78 is 13.3. The molecule has 0 bridgehead atoms. The molecule has 0 aliphatic heterocycles. The zero-order valence-corrected chi connectivity index (χ0v) is 14.8. The summed E-state index contributed by atoms with van der Waals surface area (Å²) in [4.78, 5) is 16.8. The number of hydrogen-bond acceptors (Lipinski definition) is 4. The average Bonchev–Trinajstić information content (AvgIpc) is 2.61. The van der Waals surface area contributed by atoms with Crippen LogP contribution in [0.1, 0.15) is 6.42 Å². The van der Waals surface area contributed by atoms with Crippen molar-refractivity contribution in [3.05, 3.63) is 63.6 Å². The van der Waals surface area contributed by atoms with E-state index in [0.29, 0.717) is 30.5 Å². The van der Waals surface area contributed by atoms with Gasteiger partial charge in [-0.15, -0.1) is 0 Å². The summed E-state index contributed by atoms with van der Waals surface area (Å²) in [5, 5.41) is 0.614. The molecule has 3 rings (SSSR count). The molecule has 3 aromatic rings. The molecule has 24 heavy (non-hydrogen) atoms.